The largest absolute Gasteiger partial charge is 0.443 e. The van der Waals surface area contributed by atoms with Crippen molar-refractivity contribution in [3.8, 4) is 11.3 Å². The monoisotopic (exact) mass is 258 g/mol. The standard InChI is InChI=1S/C16H22N2O/c1-11-7-6-8-12(2)14(11)15-13(17-10-19-15)9-18-16(3,4)5/h6-8,10,18H,9H2,1-5H3. The van der Waals surface area contributed by atoms with E-state index in [0.717, 1.165) is 17.0 Å². The second kappa shape index (κ2) is 5.17. The number of aryl methyl sites for hydroxylation is 2. The number of aromatic nitrogens is 1. The summed E-state index contributed by atoms with van der Waals surface area (Å²) in [6.07, 6.45) is 1.53. The number of hydrogen-bond acceptors (Lipinski definition) is 3. The molecule has 0 radical (unpaired) electrons. The molecule has 0 saturated heterocycles. The van der Waals surface area contributed by atoms with Crippen molar-refractivity contribution in [2.24, 2.45) is 0 Å². The van der Waals surface area contributed by atoms with E-state index in [-0.39, 0.29) is 5.54 Å². The lowest BCUT2D eigenvalue weighted by molar-refractivity contribution is 0.421. The van der Waals surface area contributed by atoms with Crippen LogP contribution >= 0.6 is 0 Å². The first kappa shape index (κ1) is 13.8. The highest BCUT2D eigenvalue weighted by molar-refractivity contribution is 5.67. The van der Waals surface area contributed by atoms with E-state index in [0.29, 0.717) is 6.54 Å². The molecule has 2 rings (SSSR count). The van der Waals surface area contributed by atoms with Crippen LogP contribution in [0.4, 0.5) is 0 Å². The lowest BCUT2D eigenvalue weighted by atomic mass is 9.99. The maximum Gasteiger partial charge on any atom is 0.181 e. The van der Waals surface area contributed by atoms with E-state index in [1.54, 1.807) is 0 Å². The summed E-state index contributed by atoms with van der Waals surface area (Å²) in [6, 6.07) is 6.27. The first-order chi connectivity index (χ1) is 8.88. The Morgan fingerprint density at radius 1 is 1.16 bits per heavy atom. The normalized spacial score (nSPS) is 11.8. The molecule has 2 aromatic rings. The molecule has 3 nitrogen and oxygen atoms in total. The van der Waals surface area contributed by atoms with E-state index in [1.165, 1.54) is 17.5 Å². The Hall–Kier alpha value is -1.61. The molecule has 102 valence electrons. The summed E-state index contributed by atoms with van der Waals surface area (Å²) >= 11 is 0. The van der Waals surface area contributed by atoms with Crippen molar-refractivity contribution in [3.63, 3.8) is 0 Å². The molecule has 1 N–H and O–H groups in total. The molecule has 0 amide bonds. The van der Waals surface area contributed by atoms with Gasteiger partial charge in [0.15, 0.2) is 12.2 Å². The molecular formula is C16H22N2O. The fourth-order valence-corrected chi connectivity index (χ4v) is 2.12. The van der Waals surface area contributed by atoms with Gasteiger partial charge in [0.25, 0.3) is 0 Å². The molecule has 0 aliphatic carbocycles. The Morgan fingerprint density at radius 3 is 2.37 bits per heavy atom. The summed E-state index contributed by atoms with van der Waals surface area (Å²) in [5.74, 6) is 0.882. The molecule has 0 fully saturated rings. The van der Waals surface area contributed by atoms with Gasteiger partial charge >= 0.3 is 0 Å². The molecule has 0 bridgehead atoms. The van der Waals surface area contributed by atoms with Crippen LogP contribution in [-0.2, 0) is 6.54 Å². The summed E-state index contributed by atoms with van der Waals surface area (Å²) < 4.78 is 5.63. The number of nitrogens with zero attached hydrogens (tertiary/aromatic N) is 1. The fraction of sp³-hybridized carbons (Fsp3) is 0.438. The lowest BCUT2D eigenvalue weighted by Crippen LogP contribution is -2.35. The van der Waals surface area contributed by atoms with Gasteiger partial charge in [-0.3, -0.25) is 0 Å². The van der Waals surface area contributed by atoms with Gasteiger partial charge in [-0.2, -0.15) is 0 Å². The van der Waals surface area contributed by atoms with Gasteiger partial charge < -0.3 is 9.73 Å². The molecule has 0 spiro atoms. The predicted molar refractivity (Wildman–Crippen MR) is 78.0 cm³/mol. The van der Waals surface area contributed by atoms with E-state index in [2.05, 4.69) is 63.1 Å². The molecule has 1 aromatic carbocycles. The molecule has 1 heterocycles. The van der Waals surface area contributed by atoms with Crippen molar-refractivity contribution < 1.29 is 4.42 Å². The molecule has 1 aromatic heterocycles. The minimum atomic E-state index is 0.0665. The van der Waals surface area contributed by atoms with Crippen molar-refractivity contribution in [2.45, 2.75) is 46.7 Å². The average molecular weight is 258 g/mol. The van der Waals surface area contributed by atoms with Gasteiger partial charge in [0.05, 0.1) is 0 Å². The average Bonchev–Trinajstić information content (AvgIpc) is 2.73. The van der Waals surface area contributed by atoms with E-state index >= 15 is 0 Å². The van der Waals surface area contributed by atoms with Crippen LogP contribution in [0.2, 0.25) is 0 Å². The van der Waals surface area contributed by atoms with E-state index < -0.39 is 0 Å². The second-order valence-electron chi connectivity index (χ2n) is 6.00. The van der Waals surface area contributed by atoms with E-state index in [9.17, 15) is 0 Å². The van der Waals surface area contributed by atoms with E-state index in [1.807, 2.05) is 0 Å². The van der Waals surface area contributed by atoms with Crippen LogP contribution in [0.25, 0.3) is 11.3 Å². The highest BCUT2D eigenvalue weighted by Gasteiger charge is 2.17. The number of oxazole rings is 1. The van der Waals surface area contributed by atoms with Crippen molar-refractivity contribution >= 4 is 0 Å². The molecule has 0 atom stereocenters. The molecular weight excluding hydrogens is 236 g/mol. The van der Waals surface area contributed by atoms with Crippen LogP contribution in [0.15, 0.2) is 29.0 Å². The molecule has 0 aliphatic heterocycles. The third kappa shape index (κ3) is 3.24. The van der Waals surface area contributed by atoms with Crippen LogP contribution in [-0.4, -0.2) is 10.5 Å². The molecule has 0 saturated carbocycles. The van der Waals surface area contributed by atoms with Crippen LogP contribution in [0, 0.1) is 13.8 Å². The third-order valence-electron chi connectivity index (χ3n) is 3.14. The summed E-state index contributed by atoms with van der Waals surface area (Å²) in [4.78, 5) is 4.35. The quantitative estimate of drug-likeness (QED) is 0.908. The van der Waals surface area contributed by atoms with Gasteiger partial charge in [-0.05, 0) is 45.7 Å². The fourth-order valence-electron chi connectivity index (χ4n) is 2.12. The zero-order chi connectivity index (χ0) is 14.0. The Balaban J connectivity index is 2.34. The van der Waals surface area contributed by atoms with Crippen LogP contribution in [0.3, 0.4) is 0 Å². The summed E-state index contributed by atoms with van der Waals surface area (Å²) in [5.41, 5.74) is 4.62. The minimum absolute atomic E-state index is 0.0665. The van der Waals surface area contributed by atoms with Crippen molar-refractivity contribution in [1.82, 2.24) is 10.3 Å². The number of rotatable bonds is 3. The van der Waals surface area contributed by atoms with Crippen molar-refractivity contribution in [3.05, 3.63) is 41.4 Å². The lowest BCUT2D eigenvalue weighted by Gasteiger charge is -2.20. The van der Waals surface area contributed by atoms with Gasteiger partial charge in [-0.25, -0.2) is 4.98 Å². The van der Waals surface area contributed by atoms with Crippen LogP contribution in [0.5, 0.6) is 0 Å². The van der Waals surface area contributed by atoms with Crippen LogP contribution in [0.1, 0.15) is 37.6 Å². The molecule has 3 heteroatoms. The summed E-state index contributed by atoms with van der Waals surface area (Å²) in [5, 5.41) is 3.45. The highest BCUT2D eigenvalue weighted by Crippen LogP contribution is 2.29. The van der Waals surface area contributed by atoms with Gasteiger partial charge in [-0.1, -0.05) is 18.2 Å². The van der Waals surface area contributed by atoms with Gasteiger partial charge in [0.2, 0.25) is 0 Å². The van der Waals surface area contributed by atoms with Gasteiger partial charge in [-0.15, -0.1) is 0 Å². The first-order valence-corrected chi connectivity index (χ1v) is 6.62. The molecule has 0 unspecified atom stereocenters. The Labute approximate surface area is 115 Å². The SMILES string of the molecule is Cc1cccc(C)c1-c1ocnc1CNC(C)(C)C. The van der Waals surface area contributed by atoms with E-state index in [4.69, 9.17) is 4.42 Å². The minimum Gasteiger partial charge on any atom is -0.443 e. The summed E-state index contributed by atoms with van der Waals surface area (Å²) in [7, 11) is 0. The maximum atomic E-state index is 5.63. The van der Waals surface area contributed by atoms with Gasteiger partial charge in [0, 0.05) is 17.6 Å². The van der Waals surface area contributed by atoms with Gasteiger partial charge in [0.1, 0.15) is 5.69 Å². The zero-order valence-corrected chi connectivity index (χ0v) is 12.4. The molecule has 19 heavy (non-hydrogen) atoms. The van der Waals surface area contributed by atoms with Crippen molar-refractivity contribution in [1.29, 1.82) is 0 Å². The Kier molecular flexibility index (Phi) is 3.76. The Bertz CT molecular complexity index is 544. The number of hydrogen-bond donors (Lipinski definition) is 1. The predicted octanol–water partition coefficient (Wildman–Crippen LogP) is 3.85. The van der Waals surface area contributed by atoms with Crippen LogP contribution < -0.4 is 5.32 Å². The smallest absolute Gasteiger partial charge is 0.181 e. The summed E-state index contributed by atoms with van der Waals surface area (Å²) in [6.45, 7) is 11.4. The molecule has 0 aliphatic rings. The second-order valence-corrected chi connectivity index (χ2v) is 6.00. The topological polar surface area (TPSA) is 38.1 Å². The number of nitrogens with one attached hydrogen (secondary N) is 1. The highest BCUT2D eigenvalue weighted by atomic mass is 16.3. The number of benzene rings is 1. The maximum absolute atomic E-state index is 5.63. The third-order valence-corrected chi connectivity index (χ3v) is 3.14. The first-order valence-electron chi connectivity index (χ1n) is 6.62. The Morgan fingerprint density at radius 2 is 1.79 bits per heavy atom. The van der Waals surface area contributed by atoms with Crippen molar-refractivity contribution in [2.75, 3.05) is 0 Å². The zero-order valence-electron chi connectivity index (χ0n) is 12.4.